The number of Topliss-reactive ketones (excluding diaryl/α,β-unsaturated/α-hetero) is 1. The van der Waals surface area contributed by atoms with Gasteiger partial charge in [-0.15, -0.1) is 0 Å². The van der Waals surface area contributed by atoms with Crippen LogP contribution in [0.2, 0.25) is 0 Å². The zero-order valence-electron chi connectivity index (χ0n) is 11.6. The van der Waals surface area contributed by atoms with E-state index < -0.39 is 0 Å². The Balaban J connectivity index is 1.75. The molecule has 0 aliphatic heterocycles. The van der Waals surface area contributed by atoms with E-state index in [0.29, 0.717) is 24.2 Å². The van der Waals surface area contributed by atoms with Crippen molar-refractivity contribution >= 4 is 5.78 Å². The Labute approximate surface area is 110 Å². The maximum absolute atomic E-state index is 13.0. The van der Waals surface area contributed by atoms with Crippen LogP contribution in [0.4, 0.5) is 0 Å². The predicted octanol–water partition coefficient (Wildman–Crippen LogP) is 3.73. The third-order valence-electron chi connectivity index (χ3n) is 5.61. The lowest BCUT2D eigenvalue weighted by molar-refractivity contribution is -0.155. The van der Waals surface area contributed by atoms with Crippen LogP contribution in [0.5, 0.6) is 0 Å². The van der Waals surface area contributed by atoms with Gasteiger partial charge in [0, 0.05) is 12.5 Å². The van der Waals surface area contributed by atoms with Crippen molar-refractivity contribution in [3.05, 3.63) is 0 Å². The molecule has 102 valence electrons. The second-order valence-electron chi connectivity index (χ2n) is 6.63. The zero-order chi connectivity index (χ0) is 12.6. The molecule has 0 saturated heterocycles. The summed E-state index contributed by atoms with van der Waals surface area (Å²) in [5.41, 5.74) is -0.387. The smallest absolute Gasteiger partial charge is 0.167 e. The summed E-state index contributed by atoms with van der Waals surface area (Å²) in [4.78, 5) is 13.0. The topological polar surface area (TPSA) is 26.3 Å². The van der Waals surface area contributed by atoms with Gasteiger partial charge >= 0.3 is 0 Å². The molecule has 0 amide bonds. The number of hydrogen-bond acceptors (Lipinski definition) is 2. The highest BCUT2D eigenvalue weighted by Gasteiger charge is 2.50. The van der Waals surface area contributed by atoms with Gasteiger partial charge in [-0.25, -0.2) is 0 Å². The fourth-order valence-electron chi connectivity index (χ4n) is 4.76. The van der Waals surface area contributed by atoms with E-state index in [4.69, 9.17) is 4.74 Å². The highest BCUT2D eigenvalue weighted by molar-refractivity contribution is 5.90. The average Bonchev–Trinajstić information content (AvgIpc) is 3.01. The van der Waals surface area contributed by atoms with E-state index in [1.165, 1.54) is 44.9 Å². The molecule has 3 unspecified atom stereocenters. The first-order chi connectivity index (χ1) is 8.75. The molecule has 0 aromatic heterocycles. The quantitative estimate of drug-likeness (QED) is 0.760. The highest BCUT2D eigenvalue weighted by atomic mass is 16.5. The minimum atomic E-state index is -0.387. The number of ether oxygens (including phenoxy) is 1. The van der Waals surface area contributed by atoms with Crippen molar-refractivity contribution < 1.29 is 9.53 Å². The number of ketones is 1. The van der Waals surface area contributed by atoms with Crippen LogP contribution in [0, 0.1) is 17.8 Å². The van der Waals surface area contributed by atoms with Crippen molar-refractivity contribution in [1.82, 2.24) is 0 Å². The van der Waals surface area contributed by atoms with Gasteiger partial charge < -0.3 is 4.74 Å². The SMILES string of the molecule is CCOC1(C(=O)C2CC3CCC2C3)CCCCC1. The Morgan fingerprint density at radius 3 is 2.50 bits per heavy atom. The minimum absolute atomic E-state index is 0.341. The minimum Gasteiger partial charge on any atom is -0.367 e. The molecule has 3 fully saturated rings. The molecule has 3 aliphatic rings. The van der Waals surface area contributed by atoms with Crippen molar-refractivity contribution in [3.63, 3.8) is 0 Å². The normalized spacial score (nSPS) is 37.9. The van der Waals surface area contributed by atoms with Gasteiger partial charge in [0.05, 0.1) is 0 Å². The van der Waals surface area contributed by atoms with Gasteiger partial charge in [-0.1, -0.05) is 25.7 Å². The number of hydrogen-bond donors (Lipinski definition) is 0. The van der Waals surface area contributed by atoms with E-state index in [2.05, 4.69) is 0 Å². The Morgan fingerprint density at radius 2 is 1.94 bits per heavy atom. The molecule has 2 bridgehead atoms. The van der Waals surface area contributed by atoms with Gasteiger partial charge in [0.1, 0.15) is 5.60 Å². The standard InChI is InChI=1S/C16H26O2/c1-2-18-16(8-4-3-5-9-16)15(17)14-11-12-6-7-13(14)10-12/h12-14H,2-11H2,1H3. The molecular formula is C16H26O2. The number of rotatable bonds is 4. The molecule has 2 heteroatoms. The van der Waals surface area contributed by atoms with Crippen LogP contribution < -0.4 is 0 Å². The van der Waals surface area contributed by atoms with Crippen LogP contribution in [-0.2, 0) is 9.53 Å². The first-order valence-electron chi connectivity index (χ1n) is 7.93. The highest BCUT2D eigenvalue weighted by Crippen LogP contribution is 2.51. The lowest BCUT2D eigenvalue weighted by Crippen LogP contribution is -2.47. The maximum atomic E-state index is 13.0. The summed E-state index contributed by atoms with van der Waals surface area (Å²) < 4.78 is 6.00. The molecule has 0 aromatic rings. The monoisotopic (exact) mass is 250 g/mol. The lowest BCUT2D eigenvalue weighted by Gasteiger charge is -2.39. The Morgan fingerprint density at radius 1 is 1.17 bits per heavy atom. The molecule has 0 radical (unpaired) electrons. The summed E-state index contributed by atoms with van der Waals surface area (Å²) in [6.07, 6.45) is 10.7. The second-order valence-corrected chi connectivity index (χ2v) is 6.63. The van der Waals surface area contributed by atoms with Crippen molar-refractivity contribution in [3.8, 4) is 0 Å². The molecule has 2 nitrogen and oxygen atoms in total. The Hall–Kier alpha value is -0.370. The first kappa shape index (κ1) is 12.7. The Kier molecular flexibility index (Phi) is 3.48. The number of carbonyl (C=O) groups is 1. The summed E-state index contributed by atoms with van der Waals surface area (Å²) in [6, 6.07) is 0. The van der Waals surface area contributed by atoms with Crippen LogP contribution in [0.15, 0.2) is 0 Å². The van der Waals surface area contributed by atoms with E-state index >= 15 is 0 Å². The van der Waals surface area contributed by atoms with Crippen LogP contribution in [0.3, 0.4) is 0 Å². The molecule has 0 aromatic carbocycles. The second kappa shape index (κ2) is 4.96. The molecule has 3 aliphatic carbocycles. The fourth-order valence-corrected chi connectivity index (χ4v) is 4.76. The van der Waals surface area contributed by atoms with Gasteiger partial charge in [0.2, 0.25) is 0 Å². The number of fused-ring (bicyclic) bond motifs is 2. The summed E-state index contributed by atoms with van der Waals surface area (Å²) >= 11 is 0. The van der Waals surface area contributed by atoms with Crippen molar-refractivity contribution in [2.24, 2.45) is 17.8 Å². The summed E-state index contributed by atoms with van der Waals surface area (Å²) in [5, 5.41) is 0. The third kappa shape index (κ3) is 2.03. The zero-order valence-corrected chi connectivity index (χ0v) is 11.6. The van der Waals surface area contributed by atoms with Crippen LogP contribution in [0.1, 0.15) is 64.7 Å². The fraction of sp³-hybridized carbons (Fsp3) is 0.938. The first-order valence-corrected chi connectivity index (χ1v) is 7.93. The molecule has 18 heavy (non-hydrogen) atoms. The van der Waals surface area contributed by atoms with E-state index in [1.807, 2.05) is 6.92 Å². The van der Waals surface area contributed by atoms with E-state index in [-0.39, 0.29) is 5.60 Å². The van der Waals surface area contributed by atoms with E-state index in [9.17, 15) is 4.79 Å². The Bertz CT molecular complexity index is 312. The molecular weight excluding hydrogens is 224 g/mol. The van der Waals surface area contributed by atoms with Gasteiger partial charge in [-0.05, 0) is 50.9 Å². The molecule has 3 atom stereocenters. The van der Waals surface area contributed by atoms with Crippen LogP contribution in [0.25, 0.3) is 0 Å². The van der Waals surface area contributed by atoms with Crippen LogP contribution in [-0.4, -0.2) is 18.0 Å². The van der Waals surface area contributed by atoms with E-state index in [0.717, 1.165) is 18.8 Å². The van der Waals surface area contributed by atoms with Gasteiger partial charge in [-0.2, -0.15) is 0 Å². The lowest BCUT2D eigenvalue weighted by atomic mass is 9.73. The molecule has 3 rings (SSSR count). The summed E-state index contributed by atoms with van der Waals surface area (Å²) in [7, 11) is 0. The molecule has 0 spiro atoms. The molecule has 0 N–H and O–H groups in total. The predicted molar refractivity (Wildman–Crippen MR) is 71.4 cm³/mol. The third-order valence-corrected chi connectivity index (χ3v) is 5.61. The molecule has 0 heterocycles. The van der Waals surface area contributed by atoms with Crippen molar-refractivity contribution in [1.29, 1.82) is 0 Å². The largest absolute Gasteiger partial charge is 0.367 e. The summed E-state index contributed by atoms with van der Waals surface area (Å²) in [5.74, 6) is 2.37. The van der Waals surface area contributed by atoms with Gasteiger partial charge in [0.15, 0.2) is 5.78 Å². The van der Waals surface area contributed by atoms with Gasteiger partial charge in [-0.3, -0.25) is 4.79 Å². The van der Waals surface area contributed by atoms with Crippen molar-refractivity contribution in [2.75, 3.05) is 6.61 Å². The average molecular weight is 250 g/mol. The van der Waals surface area contributed by atoms with Gasteiger partial charge in [0.25, 0.3) is 0 Å². The number of carbonyl (C=O) groups excluding carboxylic acids is 1. The van der Waals surface area contributed by atoms with E-state index in [1.54, 1.807) is 0 Å². The van der Waals surface area contributed by atoms with Crippen LogP contribution >= 0.6 is 0 Å². The maximum Gasteiger partial charge on any atom is 0.167 e. The summed E-state index contributed by atoms with van der Waals surface area (Å²) in [6.45, 7) is 2.72. The molecule has 3 saturated carbocycles. The van der Waals surface area contributed by atoms with Crippen molar-refractivity contribution in [2.45, 2.75) is 70.3 Å².